The highest BCUT2D eigenvalue weighted by molar-refractivity contribution is 7.19. The summed E-state index contributed by atoms with van der Waals surface area (Å²) in [6.45, 7) is 3.59. The number of aromatic nitrogens is 1. The van der Waals surface area contributed by atoms with Crippen LogP contribution in [0.5, 0.6) is 11.5 Å². The van der Waals surface area contributed by atoms with Crippen molar-refractivity contribution in [2.75, 3.05) is 59.3 Å². The number of piperazine rings is 1. The molecule has 0 radical (unpaired) electrons. The Morgan fingerprint density at radius 2 is 1.50 bits per heavy atom. The van der Waals surface area contributed by atoms with Crippen LogP contribution < -0.4 is 14.8 Å². The molecule has 0 aliphatic carbocycles. The molecule has 0 bridgehead atoms. The molecule has 3 aromatic rings. The number of nitrogens with one attached hydrogen (secondary N) is 1. The van der Waals surface area contributed by atoms with Gasteiger partial charge in [0.1, 0.15) is 11.5 Å². The molecular weight excluding hydrogens is 424 g/mol. The number of methoxy groups -OCH3 is 2. The second-order valence-electron chi connectivity index (χ2n) is 7.69. The highest BCUT2D eigenvalue weighted by atomic mass is 32.1. The van der Waals surface area contributed by atoms with Gasteiger partial charge in [0.05, 0.1) is 31.3 Å². The quantitative estimate of drug-likeness (QED) is 0.590. The first-order chi connectivity index (χ1) is 15.6. The molecule has 0 unspecified atom stereocenters. The van der Waals surface area contributed by atoms with Gasteiger partial charge in [-0.15, -0.1) is 0 Å². The smallest absolute Gasteiger partial charge is 0.242 e. The summed E-state index contributed by atoms with van der Waals surface area (Å²) in [5.74, 6) is 1.71. The topological polar surface area (TPSA) is 66.9 Å². The molecule has 0 spiro atoms. The van der Waals surface area contributed by atoms with Gasteiger partial charge in [0.15, 0.2) is 5.13 Å². The Balaban J connectivity index is 1.57. The summed E-state index contributed by atoms with van der Waals surface area (Å²) in [4.78, 5) is 22.7. The fourth-order valence-electron chi connectivity index (χ4n) is 3.60. The van der Waals surface area contributed by atoms with E-state index in [1.54, 1.807) is 25.6 Å². The molecule has 168 valence electrons. The van der Waals surface area contributed by atoms with Crippen molar-refractivity contribution in [1.29, 1.82) is 0 Å². The average Bonchev–Trinajstić information content (AvgIpc) is 3.27. The van der Waals surface area contributed by atoms with E-state index in [2.05, 4.69) is 17.3 Å². The zero-order valence-electron chi connectivity index (χ0n) is 18.6. The van der Waals surface area contributed by atoms with Crippen LogP contribution in [0.4, 0.5) is 5.13 Å². The monoisotopic (exact) mass is 452 g/mol. The van der Waals surface area contributed by atoms with Crippen molar-refractivity contribution in [3.05, 3.63) is 48.5 Å². The number of amides is 1. The predicted octanol–water partition coefficient (Wildman–Crippen LogP) is 3.68. The van der Waals surface area contributed by atoms with E-state index in [0.29, 0.717) is 0 Å². The minimum atomic E-state index is 0.102. The SMILES string of the molecule is COc1ccc(-c2nc(NCC(=O)N3CCN(C)CC3)sc2-c2ccc(OC)cc2)cc1. The normalized spacial score (nSPS) is 14.3. The van der Waals surface area contributed by atoms with Gasteiger partial charge in [-0.2, -0.15) is 0 Å². The molecule has 1 aromatic heterocycles. The van der Waals surface area contributed by atoms with Crippen molar-refractivity contribution >= 4 is 22.4 Å². The van der Waals surface area contributed by atoms with Gasteiger partial charge in [-0.3, -0.25) is 4.79 Å². The summed E-state index contributed by atoms with van der Waals surface area (Å²) >= 11 is 1.55. The molecule has 1 saturated heterocycles. The lowest BCUT2D eigenvalue weighted by Crippen LogP contribution is -2.48. The Morgan fingerprint density at radius 3 is 2.06 bits per heavy atom. The molecular formula is C24H28N4O3S. The van der Waals surface area contributed by atoms with E-state index in [1.807, 2.05) is 53.4 Å². The first-order valence-corrected chi connectivity index (χ1v) is 11.4. The largest absolute Gasteiger partial charge is 0.497 e. The fourth-order valence-corrected chi connectivity index (χ4v) is 4.59. The number of carbonyl (C=O) groups excluding carboxylic acids is 1. The second-order valence-corrected chi connectivity index (χ2v) is 8.69. The summed E-state index contributed by atoms with van der Waals surface area (Å²) in [5.41, 5.74) is 2.91. The van der Waals surface area contributed by atoms with Crippen LogP contribution in [-0.2, 0) is 4.79 Å². The number of nitrogens with zero attached hydrogens (tertiary/aromatic N) is 3. The molecule has 4 rings (SSSR count). The first kappa shape index (κ1) is 22.1. The number of benzene rings is 2. The lowest BCUT2D eigenvalue weighted by atomic mass is 10.1. The van der Waals surface area contributed by atoms with Crippen molar-refractivity contribution in [3.8, 4) is 33.2 Å². The number of ether oxygens (including phenoxy) is 2. The van der Waals surface area contributed by atoms with E-state index in [-0.39, 0.29) is 12.5 Å². The Hall–Kier alpha value is -3.10. The Kier molecular flexibility index (Phi) is 6.92. The first-order valence-electron chi connectivity index (χ1n) is 10.6. The molecule has 1 aliphatic rings. The molecule has 0 atom stereocenters. The van der Waals surface area contributed by atoms with Crippen molar-refractivity contribution in [1.82, 2.24) is 14.8 Å². The third-order valence-electron chi connectivity index (χ3n) is 5.59. The van der Waals surface area contributed by atoms with Crippen LogP contribution in [-0.4, -0.2) is 74.7 Å². The molecule has 2 heterocycles. The zero-order valence-corrected chi connectivity index (χ0v) is 19.4. The maximum absolute atomic E-state index is 12.6. The lowest BCUT2D eigenvalue weighted by Gasteiger charge is -2.32. The maximum atomic E-state index is 12.6. The van der Waals surface area contributed by atoms with Crippen LogP contribution in [0.25, 0.3) is 21.7 Å². The minimum absolute atomic E-state index is 0.102. The predicted molar refractivity (Wildman–Crippen MR) is 129 cm³/mol. The van der Waals surface area contributed by atoms with Crippen LogP contribution in [0.1, 0.15) is 0 Å². The third-order valence-corrected chi connectivity index (χ3v) is 6.65. The molecule has 1 N–H and O–H groups in total. The van der Waals surface area contributed by atoms with Crippen LogP contribution in [0.3, 0.4) is 0 Å². The van der Waals surface area contributed by atoms with Crippen LogP contribution >= 0.6 is 11.3 Å². The van der Waals surface area contributed by atoms with E-state index in [1.165, 1.54) is 0 Å². The highest BCUT2D eigenvalue weighted by Crippen LogP contribution is 2.39. The van der Waals surface area contributed by atoms with Gasteiger partial charge in [0.2, 0.25) is 5.91 Å². The summed E-state index contributed by atoms with van der Waals surface area (Å²) in [7, 11) is 5.39. The van der Waals surface area contributed by atoms with E-state index in [0.717, 1.165) is 64.5 Å². The summed E-state index contributed by atoms with van der Waals surface area (Å²) in [5, 5.41) is 3.98. The minimum Gasteiger partial charge on any atom is -0.497 e. The zero-order chi connectivity index (χ0) is 22.5. The Bertz CT molecular complexity index is 977. The number of rotatable bonds is 7. The van der Waals surface area contributed by atoms with Crippen molar-refractivity contribution in [2.45, 2.75) is 0 Å². The number of hydrogen-bond acceptors (Lipinski definition) is 7. The molecule has 2 aromatic carbocycles. The molecule has 0 saturated carbocycles. The van der Waals surface area contributed by atoms with Gasteiger partial charge in [-0.25, -0.2) is 4.98 Å². The van der Waals surface area contributed by atoms with Gasteiger partial charge in [0.25, 0.3) is 0 Å². The van der Waals surface area contributed by atoms with Gasteiger partial charge >= 0.3 is 0 Å². The molecule has 32 heavy (non-hydrogen) atoms. The van der Waals surface area contributed by atoms with Crippen LogP contribution in [0.2, 0.25) is 0 Å². The highest BCUT2D eigenvalue weighted by Gasteiger charge is 2.20. The molecule has 1 aliphatic heterocycles. The van der Waals surface area contributed by atoms with Crippen LogP contribution in [0, 0.1) is 0 Å². The fraction of sp³-hybridized carbons (Fsp3) is 0.333. The maximum Gasteiger partial charge on any atom is 0.242 e. The van der Waals surface area contributed by atoms with Gasteiger partial charge in [-0.05, 0) is 61.1 Å². The van der Waals surface area contributed by atoms with Crippen molar-refractivity contribution in [3.63, 3.8) is 0 Å². The van der Waals surface area contributed by atoms with E-state index in [4.69, 9.17) is 14.5 Å². The Labute approximate surface area is 192 Å². The number of thiazole rings is 1. The standard InChI is InChI=1S/C24H28N4O3S/c1-27-12-14-28(15-13-27)21(29)16-25-24-26-22(17-4-8-19(30-2)9-5-17)23(32-24)18-6-10-20(31-3)11-7-18/h4-11H,12-16H2,1-3H3,(H,25,26). The van der Waals surface area contributed by atoms with Crippen LogP contribution in [0.15, 0.2) is 48.5 Å². The number of carbonyl (C=O) groups is 1. The molecule has 1 fully saturated rings. The van der Waals surface area contributed by atoms with Crippen molar-refractivity contribution < 1.29 is 14.3 Å². The van der Waals surface area contributed by atoms with E-state index >= 15 is 0 Å². The molecule has 8 heteroatoms. The lowest BCUT2D eigenvalue weighted by molar-refractivity contribution is -0.130. The summed E-state index contributed by atoms with van der Waals surface area (Å²) in [6, 6.07) is 15.8. The van der Waals surface area contributed by atoms with E-state index < -0.39 is 0 Å². The average molecular weight is 453 g/mol. The van der Waals surface area contributed by atoms with Gasteiger partial charge in [0, 0.05) is 31.7 Å². The second kappa shape index (κ2) is 10.0. The molecule has 7 nitrogen and oxygen atoms in total. The third kappa shape index (κ3) is 5.03. The number of anilines is 1. The van der Waals surface area contributed by atoms with Gasteiger partial charge in [-0.1, -0.05) is 11.3 Å². The van der Waals surface area contributed by atoms with Gasteiger partial charge < -0.3 is 24.6 Å². The Morgan fingerprint density at radius 1 is 0.938 bits per heavy atom. The summed E-state index contributed by atoms with van der Waals surface area (Å²) in [6.07, 6.45) is 0. The van der Waals surface area contributed by atoms with Crippen molar-refractivity contribution in [2.24, 2.45) is 0 Å². The molecule has 1 amide bonds. The summed E-state index contributed by atoms with van der Waals surface area (Å²) < 4.78 is 10.6. The number of likely N-dealkylation sites (N-methyl/N-ethyl adjacent to an activating group) is 1. The number of hydrogen-bond donors (Lipinski definition) is 1. The van der Waals surface area contributed by atoms with E-state index in [9.17, 15) is 4.79 Å².